The number of hydrogen-bond acceptors (Lipinski definition) is 4. The van der Waals surface area contributed by atoms with Gasteiger partial charge in [0.2, 0.25) is 5.91 Å². The van der Waals surface area contributed by atoms with Gasteiger partial charge >= 0.3 is 5.97 Å². The van der Waals surface area contributed by atoms with Crippen molar-refractivity contribution >= 4 is 23.5 Å². The van der Waals surface area contributed by atoms with Crippen LogP contribution < -0.4 is 10.1 Å². The Hall–Kier alpha value is -3.31. The van der Waals surface area contributed by atoms with Crippen LogP contribution in [0.25, 0.3) is 11.1 Å². The van der Waals surface area contributed by atoms with Gasteiger partial charge in [-0.2, -0.15) is 0 Å². The van der Waals surface area contributed by atoms with Crippen LogP contribution >= 0.6 is 11.6 Å². The fourth-order valence-electron chi connectivity index (χ4n) is 3.50. The molecule has 3 aromatic carbocycles. The van der Waals surface area contributed by atoms with Gasteiger partial charge in [0.25, 0.3) is 0 Å². The molecule has 0 aromatic heterocycles. The third-order valence-electron chi connectivity index (χ3n) is 5.30. The van der Waals surface area contributed by atoms with Gasteiger partial charge in [-0.25, -0.2) is 4.79 Å². The largest absolute Gasteiger partial charge is 0.482 e. The Morgan fingerprint density at radius 1 is 0.882 bits per heavy atom. The summed E-state index contributed by atoms with van der Waals surface area (Å²) in [5.41, 5.74) is 4.35. The molecule has 6 heteroatoms. The Morgan fingerprint density at radius 2 is 1.59 bits per heavy atom. The van der Waals surface area contributed by atoms with Gasteiger partial charge in [-0.1, -0.05) is 60.1 Å². The number of nitrogens with one attached hydrogen (secondary N) is 1. The van der Waals surface area contributed by atoms with Crippen molar-refractivity contribution in [2.45, 2.75) is 39.2 Å². The lowest BCUT2D eigenvalue weighted by atomic mass is 10.0. The maximum absolute atomic E-state index is 12.2. The average Bonchev–Trinajstić information content (AvgIpc) is 2.85. The van der Waals surface area contributed by atoms with Crippen LogP contribution in [0.2, 0.25) is 5.02 Å². The molecule has 3 rings (SSSR count). The average molecular weight is 480 g/mol. The quantitative estimate of drug-likeness (QED) is 0.256. The fourth-order valence-corrected chi connectivity index (χ4v) is 3.71. The number of benzene rings is 3. The Kier molecular flexibility index (Phi) is 9.98. The van der Waals surface area contributed by atoms with Gasteiger partial charge in [0, 0.05) is 18.0 Å². The molecule has 0 aliphatic heterocycles. The van der Waals surface area contributed by atoms with Gasteiger partial charge in [0.05, 0.1) is 6.61 Å². The highest BCUT2D eigenvalue weighted by Gasteiger charge is 2.05. The van der Waals surface area contributed by atoms with E-state index in [4.69, 9.17) is 21.1 Å². The number of hydrogen-bond donors (Lipinski definition) is 1. The molecule has 0 saturated carbocycles. The first-order valence-corrected chi connectivity index (χ1v) is 11.9. The van der Waals surface area contributed by atoms with Gasteiger partial charge in [-0.3, -0.25) is 4.79 Å². The standard InChI is InChI=1S/C28H30ClNO4/c1-2-33-28(32)20-34-26-16-14-24(15-17-26)23-12-10-22(11-13-23)19-30-27(31)9-4-3-6-21-7-5-8-25(29)18-21/h5,7-8,10-18H,2-4,6,9,19-20H2,1H3,(H,30,31). The zero-order valence-corrected chi connectivity index (χ0v) is 20.1. The molecule has 0 saturated heterocycles. The molecule has 0 aliphatic rings. The monoisotopic (exact) mass is 479 g/mol. The first-order valence-electron chi connectivity index (χ1n) is 11.5. The summed E-state index contributed by atoms with van der Waals surface area (Å²) in [6.45, 7) is 2.51. The van der Waals surface area contributed by atoms with E-state index in [1.807, 2.05) is 66.7 Å². The van der Waals surface area contributed by atoms with E-state index in [1.165, 1.54) is 5.56 Å². The van der Waals surface area contributed by atoms with Gasteiger partial charge in [-0.15, -0.1) is 0 Å². The number of ether oxygens (including phenoxy) is 2. The van der Waals surface area contributed by atoms with E-state index in [9.17, 15) is 9.59 Å². The van der Waals surface area contributed by atoms with E-state index in [0.29, 0.717) is 25.3 Å². The zero-order valence-electron chi connectivity index (χ0n) is 19.4. The molecular weight excluding hydrogens is 450 g/mol. The maximum Gasteiger partial charge on any atom is 0.344 e. The second-order valence-electron chi connectivity index (χ2n) is 7.93. The lowest BCUT2D eigenvalue weighted by molar-refractivity contribution is -0.145. The van der Waals surface area contributed by atoms with Crippen molar-refractivity contribution in [1.29, 1.82) is 0 Å². The molecule has 3 aromatic rings. The van der Waals surface area contributed by atoms with Crippen molar-refractivity contribution in [2.75, 3.05) is 13.2 Å². The SMILES string of the molecule is CCOC(=O)COc1ccc(-c2ccc(CNC(=O)CCCCc3cccc(Cl)c3)cc2)cc1. The van der Waals surface area contributed by atoms with Crippen LogP contribution in [-0.2, 0) is 27.3 Å². The summed E-state index contributed by atoms with van der Waals surface area (Å²) in [5.74, 6) is 0.295. The fraction of sp³-hybridized carbons (Fsp3) is 0.286. The highest BCUT2D eigenvalue weighted by Crippen LogP contribution is 2.23. The number of carbonyl (C=O) groups is 2. The Balaban J connectivity index is 1.38. The van der Waals surface area contributed by atoms with E-state index in [1.54, 1.807) is 6.92 Å². The highest BCUT2D eigenvalue weighted by atomic mass is 35.5. The first kappa shape index (κ1) is 25.3. The van der Waals surface area contributed by atoms with E-state index in [-0.39, 0.29) is 18.5 Å². The third kappa shape index (κ3) is 8.56. The molecule has 1 N–H and O–H groups in total. The summed E-state index contributed by atoms with van der Waals surface area (Å²) in [6, 6.07) is 23.5. The molecule has 0 aliphatic carbocycles. The molecule has 0 spiro atoms. The van der Waals surface area contributed by atoms with Crippen LogP contribution in [0.5, 0.6) is 5.75 Å². The number of rotatable bonds is 12. The minimum Gasteiger partial charge on any atom is -0.482 e. The molecule has 1 amide bonds. The summed E-state index contributed by atoms with van der Waals surface area (Å²) < 4.78 is 10.3. The van der Waals surface area contributed by atoms with Crippen LogP contribution in [-0.4, -0.2) is 25.1 Å². The summed E-state index contributed by atoms with van der Waals surface area (Å²) >= 11 is 6.00. The molecule has 0 bridgehead atoms. The summed E-state index contributed by atoms with van der Waals surface area (Å²) in [6.07, 6.45) is 3.24. The van der Waals surface area contributed by atoms with Crippen molar-refractivity contribution < 1.29 is 19.1 Å². The maximum atomic E-state index is 12.2. The number of esters is 1. The van der Waals surface area contributed by atoms with E-state index < -0.39 is 0 Å². The molecule has 0 radical (unpaired) electrons. The smallest absolute Gasteiger partial charge is 0.344 e. The Morgan fingerprint density at radius 3 is 2.26 bits per heavy atom. The zero-order chi connectivity index (χ0) is 24.2. The molecule has 0 heterocycles. The van der Waals surface area contributed by atoms with E-state index in [0.717, 1.165) is 41.0 Å². The number of carbonyl (C=O) groups excluding carboxylic acids is 2. The van der Waals surface area contributed by atoms with Gasteiger partial charge in [-0.05, 0) is 72.7 Å². The number of aryl methyl sites for hydroxylation is 1. The number of halogens is 1. The third-order valence-corrected chi connectivity index (χ3v) is 5.54. The van der Waals surface area contributed by atoms with Crippen molar-refractivity contribution in [3.8, 4) is 16.9 Å². The Bertz CT molecular complexity index is 1060. The molecule has 34 heavy (non-hydrogen) atoms. The lowest BCUT2D eigenvalue weighted by Crippen LogP contribution is -2.22. The topological polar surface area (TPSA) is 64.6 Å². The van der Waals surface area contributed by atoms with Gasteiger partial charge in [0.1, 0.15) is 5.75 Å². The Labute approximate surface area is 206 Å². The minimum atomic E-state index is -0.383. The van der Waals surface area contributed by atoms with Gasteiger partial charge in [0.15, 0.2) is 6.61 Å². The predicted molar refractivity (Wildman–Crippen MR) is 135 cm³/mol. The normalized spacial score (nSPS) is 10.5. The van der Waals surface area contributed by atoms with E-state index >= 15 is 0 Å². The molecule has 178 valence electrons. The molecule has 0 unspecified atom stereocenters. The van der Waals surface area contributed by atoms with Crippen LogP contribution in [0.15, 0.2) is 72.8 Å². The lowest BCUT2D eigenvalue weighted by Gasteiger charge is -2.09. The van der Waals surface area contributed by atoms with Crippen molar-refractivity contribution in [1.82, 2.24) is 5.32 Å². The highest BCUT2D eigenvalue weighted by molar-refractivity contribution is 6.30. The molecule has 0 atom stereocenters. The molecule has 5 nitrogen and oxygen atoms in total. The van der Waals surface area contributed by atoms with Crippen LogP contribution in [0.3, 0.4) is 0 Å². The van der Waals surface area contributed by atoms with Crippen LogP contribution in [0.1, 0.15) is 37.3 Å². The van der Waals surface area contributed by atoms with Crippen LogP contribution in [0.4, 0.5) is 0 Å². The van der Waals surface area contributed by atoms with Crippen molar-refractivity contribution in [3.05, 3.63) is 88.9 Å². The van der Waals surface area contributed by atoms with Crippen LogP contribution in [0, 0.1) is 0 Å². The molecule has 0 fully saturated rings. The minimum absolute atomic E-state index is 0.0635. The van der Waals surface area contributed by atoms with Crippen molar-refractivity contribution in [3.63, 3.8) is 0 Å². The summed E-state index contributed by atoms with van der Waals surface area (Å²) in [7, 11) is 0. The second-order valence-corrected chi connectivity index (χ2v) is 8.37. The summed E-state index contributed by atoms with van der Waals surface area (Å²) in [5, 5.41) is 3.74. The first-order chi connectivity index (χ1) is 16.5. The number of unbranched alkanes of at least 4 members (excludes halogenated alkanes) is 1. The molecular formula is C28H30ClNO4. The summed E-state index contributed by atoms with van der Waals surface area (Å²) in [4.78, 5) is 23.5. The van der Waals surface area contributed by atoms with E-state index in [2.05, 4.69) is 11.4 Å². The number of amides is 1. The van der Waals surface area contributed by atoms with Crippen molar-refractivity contribution in [2.24, 2.45) is 0 Å². The second kappa shape index (κ2) is 13.4. The van der Waals surface area contributed by atoms with Gasteiger partial charge < -0.3 is 14.8 Å². The predicted octanol–water partition coefficient (Wildman–Crippen LogP) is 5.98.